The van der Waals surface area contributed by atoms with Crippen LogP contribution in [0, 0.1) is 11.8 Å². The Morgan fingerprint density at radius 2 is 1.55 bits per heavy atom. The number of benzene rings is 2. The van der Waals surface area contributed by atoms with Gasteiger partial charge in [0, 0.05) is 12.2 Å². The van der Waals surface area contributed by atoms with Gasteiger partial charge in [-0.1, -0.05) is 62.4 Å². The van der Waals surface area contributed by atoms with E-state index in [-0.39, 0.29) is 30.9 Å². The number of rotatable bonds is 10. The Hall–Kier alpha value is -3.35. The minimum absolute atomic E-state index is 0.123. The summed E-state index contributed by atoms with van der Waals surface area (Å²) in [6.45, 7) is 5.84. The van der Waals surface area contributed by atoms with Crippen LogP contribution in [0.3, 0.4) is 0 Å². The highest BCUT2D eigenvalue weighted by atomic mass is 16.5. The van der Waals surface area contributed by atoms with E-state index in [0.717, 1.165) is 5.56 Å². The molecule has 0 aliphatic carbocycles. The third kappa shape index (κ3) is 8.12. The van der Waals surface area contributed by atoms with Gasteiger partial charge >= 0.3 is 12.0 Å². The number of para-hydroxylation sites is 1. The van der Waals surface area contributed by atoms with E-state index < -0.39 is 18.0 Å². The van der Waals surface area contributed by atoms with Gasteiger partial charge in [0.25, 0.3) is 0 Å². The average molecular weight is 426 g/mol. The number of urea groups is 1. The molecule has 0 spiro atoms. The summed E-state index contributed by atoms with van der Waals surface area (Å²) >= 11 is 0. The topological polar surface area (TPSA) is 96.5 Å². The summed E-state index contributed by atoms with van der Waals surface area (Å²) in [5.74, 6) is -1.36. The lowest BCUT2D eigenvalue weighted by Gasteiger charge is -2.23. The standard InChI is InChI=1S/C24H31N3O4/c1-4-31-23(29)19(15-18-11-7-5-8-12-18)16-25-22(28)21(17(2)3)27-24(30)26-20-13-9-6-10-14-20/h5-14,17,19,21H,4,15-16H2,1-3H3,(H,25,28)(H2,26,27,30). The molecule has 0 aromatic heterocycles. The monoisotopic (exact) mass is 425 g/mol. The molecular weight excluding hydrogens is 394 g/mol. The van der Waals surface area contributed by atoms with Crippen LogP contribution in [0.25, 0.3) is 0 Å². The highest BCUT2D eigenvalue weighted by molar-refractivity contribution is 5.93. The van der Waals surface area contributed by atoms with Crippen LogP contribution in [0.4, 0.5) is 10.5 Å². The summed E-state index contributed by atoms with van der Waals surface area (Å²) in [5.41, 5.74) is 1.61. The van der Waals surface area contributed by atoms with Crippen molar-refractivity contribution in [3.8, 4) is 0 Å². The number of hydrogen-bond acceptors (Lipinski definition) is 4. The van der Waals surface area contributed by atoms with Crippen molar-refractivity contribution in [1.82, 2.24) is 10.6 Å². The highest BCUT2D eigenvalue weighted by Gasteiger charge is 2.27. The second kappa shape index (κ2) is 12.4. The van der Waals surface area contributed by atoms with Gasteiger partial charge in [-0.05, 0) is 37.0 Å². The van der Waals surface area contributed by atoms with E-state index in [9.17, 15) is 14.4 Å². The molecule has 7 heteroatoms. The van der Waals surface area contributed by atoms with Crippen LogP contribution in [0.2, 0.25) is 0 Å². The molecule has 31 heavy (non-hydrogen) atoms. The minimum Gasteiger partial charge on any atom is -0.466 e. The summed E-state index contributed by atoms with van der Waals surface area (Å²) in [6.07, 6.45) is 0.453. The van der Waals surface area contributed by atoms with Gasteiger partial charge in [-0.2, -0.15) is 0 Å². The number of esters is 1. The zero-order valence-electron chi connectivity index (χ0n) is 18.3. The maximum atomic E-state index is 12.8. The first-order valence-corrected chi connectivity index (χ1v) is 10.5. The van der Waals surface area contributed by atoms with Crippen molar-refractivity contribution in [3.05, 3.63) is 66.2 Å². The van der Waals surface area contributed by atoms with E-state index in [1.807, 2.05) is 62.4 Å². The second-order valence-electron chi connectivity index (χ2n) is 7.57. The lowest BCUT2D eigenvalue weighted by molar-refractivity contribution is -0.147. The van der Waals surface area contributed by atoms with Crippen molar-refractivity contribution in [3.63, 3.8) is 0 Å². The molecule has 2 unspecified atom stereocenters. The van der Waals surface area contributed by atoms with Crippen molar-refractivity contribution < 1.29 is 19.1 Å². The molecule has 0 fully saturated rings. The quantitative estimate of drug-likeness (QED) is 0.509. The molecule has 0 aliphatic heterocycles. The molecule has 0 bridgehead atoms. The van der Waals surface area contributed by atoms with Crippen LogP contribution >= 0.6 is 0 Å². The third-order valence-electron chi connectivity index (χ3n) is 4.73. The number of amides is 3. The summed E-state index contributed by atoms with van der Waals surface area (Å²) in [4.78, 5) is 37.5. The summed E-state index contributed by atoms with van der Waals surface area (Å²) in [5, 5.41) is 8.24. The summed E-state index contributed by atoms with van der Waals surface area (Å²) in [7, 11) is 0. The minimum atomic E-state index is -0.747. The van der Waals surface area contributed by atoms with Crippen molar-refractivity contribution in [2.45, 2.75) is 33.2 Å². The van der Waals surface area contributed by atoms with Gasteiger partial charge in [0.2, 0.25) is 5.91 Å². The van der Waals surface area contributed by atoms with Crippen molar-refractivity contribution >= 4 is 23.6 Å². The van der Waals surface area contributed by atoms with Crippen LogP contribution in [0.15, 0.2) is 60.7 Å². The van der Waals surface area contributed by atoms with E-state index in [2.05, 4.69) is 16.0 Å². The largest absolute Gasteiger partial charge is 0.466 e. The molecule has 0 aliphatic rings. The van der Waals surface area contributed by atoms with Crippen LogP contribution < -0.4 is 16.0 Å². The molecule has 166 valence electrons. The Labute approximate surface area is 183 Å². The van der Waals surface area contributed by atoms with E-state index >= 15 is 0 Å². The Morgan fingerprint density at radius 1 is 0.935 bits per heavy atom. The van der Waals surface area contributed by atoms with Gasteiger partial charge in [0.05, 0.1) is 12.5 Å². The van der Waals surface area contributed by atoms with Gasteiger partial charge in [-0.3, -0.25) is 9.59 Å². The van der Waals surface area contributed by atoms with Crippen molar-refractivity contribution in [2.75, 3.05) is 18.5 Å². The van der Waals surface area contributed by atoms with Gasteiger partial charge in [-0.25, -0.2) is 4.79 Å². The van der Waals surface area contributed by atoms with Gasteiger partial charge in [0.1, 0.15) is 6.04 Å². The van der Waals surface area contributed by atoms with Crippen LogP contribution in [-0.2, 0) is 20.7 Å². The molecule has 2 rings (SSSR count). The fourth-order valence-corrected chi connectivity index (χ4v) is 3.10. The highest BCUT2D eigenvalue weighted by Crippen LogP contribution is 2.11. The van der Waals surface area contributed by atoms with Gasteiger partial charge in [-0.15, -0.1) is 0 Å². The first kappa shape index (κ1) is 23.9. The van der Waals surface area contributed by atoms with E-state index in [0.29, 0.717) is 12.1 Å². The zero-order valence-corrected chi connectivity index (χ0v) is 18.3. The van der Waals surface area contributed by atoms with Crippen molar-refractivity contribution in [1.29, 1.82) is 0 Å². The molecule has 7 nitrogen and oxygen atoms in total. The summed E-state index contributed by atoms with van der Waals surface area (Å²) < 4.78 is 5.18. The lowest BCUT2D eigenvalue weighted by atomic mass is 9.98. The molecule has 2 aromatic carbocycles. The number of ether oxygens (including phenoxy) is 1. The Morgan fingerprint density at radius 3 is 2.13 bits per heavy atom. The average Bonchev–Trinajstić information content (AvgIpc) is 2.76. The van der Waals surface area contributed by atoms with E-state index in [1.165, 1.54) is 0 Å². The van der Waals surface area contributed by atoms with Crippen LogP contribution in [-0.4, -0.2) is 37.1 Å². The third-order valence-corrected chi connectivity index (χ3v) is 4.73. The maximum Gasteiger partial charge on any atom is 0.319 e. The van der Waals surface area contributed by atoms with Crippen molar-refractivity contribution in [2.24, 2.45) is 11.8 Å². The predicted octanol–water partition coefficient (Wildman–Crippen LogP) is 3.37. The zero-order chi connectivity index (χ0) is 22.6. The predicted molar refractivity (Wildman–Crippen MR) is 121 cm³/mol. The molecule has 0 heterocycles. The second-order valence-corrected chi connectivity index (χ2v) is 7.57. The molecule has 0 saturated carbocycles. The molecule has 2 atom stereocenters. The Kier molecular flexibility index (Phi) is 9.55. The molecule has 3 N–H and O–H groups in total. The first-order chi connectivity index (χ1) is 14.9. The fourth-order valence-electron chi connectivity index (χ4n) is 3.10. The maximum absolute atomic E-state index is 12.8. The molecular formula is C24H31N3O4. The van der Waals surface area contributed by atoms with Gasteiger partial charge < -0.3 is 20.7 Å². The fraction of sp³-hybridized carbons (Fsp3) is 0.375. The SMILES string of the molecule is CCOC(=O)C(CNC(=O)C(NC(=O)Nc1ccccc1)C(C)C)Cc1ccccc1. The number of nitrogens with one attached hydrogen (secondary N) is 3. The molecule has 2 aromatic rings. The number of anilines is 1. The number of carbonyl (C=O) groups is 3. The molecule has 3 amide bonds. The summed E-state index contributed by atoms with van der Waals surface area (Å²) in [6, 6.07) is 17.4. The Bertz CT molecular complexity index is 840. The number of hydrogen-bond donors (Lipinski definition) is 3. The van der Waals surface area contributed by atoms with Crippen LogP contribution in [0.5, 0.6) is 0 Å². The normalized spacial score (nSPS) is 12.5. The lowest BCUT2D eigenvalue weighted by Crippen LogP contribution is -2.52. The molecule has 0 saturated heterocycles. The smallest absolute Gasteiger partial charge is 0.319 e. The number of carbonyl (C=O) groups excluding carboxylic acids is 3. The van der Waals surface area contributed by atoms with Gasteiger partial charge in [0.15, 0.2) is 0 Å². The molecule has 0 radical (unpaired) electrons. The van der Waals surface area contributed by atoms with E-state index in [4.69, 9.17) is 4.74 Å². The Balaban J connectivity index is 1.98. The van der Waals surface area contributed by atoms with Crippen LogP contribution in [0.1, 0.15) is 26.3 Å². The first-order valence-electron chi connectivity index (χ1n) is 10.5. The van der Waals surface area contributed by atoms with E-state index in [1.54, 1.807) is 19.1 Å².